The van der Waals surface area contributed by atoms with Crippen LogP contribution in [0.25, 0.3) is 21.8 Å². The van der Waals surface area contributed by atoms with E-state index in [0.717, 1.165) is 16.4 Å². The largest absolute Gasteiger partial charge is 0.346 e. The van der Waals surface area contributed by atoms with E-state index in [1.807, 2.05) is 6.07 Å². The van der Waals surface area contributed by atoms with Gasteiger partial charge in [0.25, 0.3) is 5.56 Å². The zero-order valence-corrected chi connectivity index (χ0v) is 6.61. The fourth-order valence-electron chi connectivity index (χ4n) is 1.55. The second-order valence-electron chi connectivity index (χ2n) is 2.89. The van der Waals surface area contributed by atoms with Gasteiger partial charge in [0.05, 0.1) is 5.39 Å². The number of rotatable bonds is 0. The van der Waals surface area contributed by atoms with Gasteiger partial charge in [-0.3, -0.25) is 4.79 Å². The van der Waals surface area contributed by atoms with Crippen LogP contribution in [0.4, 0.5) is 0 Å². The number of nitrogens with zero attached hydrogens (tertiary/aromatic N) is 2. The Morgan fingerprint density at radius 2 is 2.15 bits per heavy atom. The summed E-state index contributed by atoms with van der Waals surface area (Å²) in [5, 5.41) is 2.41. The maximum Gasteiger partial charge on any atom is 0.279 e. The molecule has 0 fully saturated rings. The number of H-pyrrole nitrogens is 1. The molecule has 3 aromatic rings. The summed E-state index contributed by atoms with van der Waals surface area (Å²) in [7, 11) is 0. The molecule has 0 aromatic carbocycles. The molecule has 3 rings (SSSR count). The van der Waals surface area contributed by atoms with Crippen LogP contribution in [0.15, 0.2) is 29.5 Å². The Morgan fingerprint density at radius 3 is 3.08 bits per heavy atom. The minimum absolute atomic E-state index is 0.213. The van der Waals surface area contributed by atoms with Gasteiger partial charge < -0.3 is 4.98 Å². The van der Waals surface area contributed by atoms with Gasteiger partial charge in [-0.05, 0) is 6.07 Å². The molecular weight excluding hydrogens is 166 g/mol. The van der Waals surface area contributed by atoms with Crippen molar-refractivity contribution in [3.63, 3.8) is 0 Å². The number of pyridine rings is 2. The maximum atomic E-state index is 11.3. The number of hydrogen-bond acceptors (Lipinski definition) is 3. The minimum atomic E-state index is -0.213. The predicted octanol–water partition coefficient (Wildman–Crippen LogP) is 0.909. The standard InChI is InChI=1S/C9H5N3O/c13-9-6-4-11-8-7(6)5(3-12-9)1-2-10-8/h1-4H,(H,10,11). The summed E-state index contributed by atoms with van der Waals surface area (Å²) in [4.78, 5) is 22.1. The molecule has 0 amide bonds. The van der Waals surface area contributed by atoms with Crippen molar-refractivity contribution in [3.8, 4) is 0 Å². The Labute approximate surface area is 72.6 Å². The quantitative estimate of drug-likeness (QED) is 0.546. The van der Waals surface area contributed by atoms with E-state index in [4.69, 9.17) is 0 Å². The Bertz CT molecular complexity index is 629. The smallest absolute Gasteiger partial charge is 0.279 e. The first-order valence-electron chi connectivity index (χ1n) is 3.91. The van der Waals surface area contributed by atoms with Gasteiger partial charge in [-0.25, -0.2) is 9.97 Å². The molecular formula is C9H5N3O. The molecule has 3 heterocycles. The molecule has 0 aliphatic carbocycles. The summed E-state index contributed by atoms with van der Waals surface area (Å²) < 4.78 is 0. The van der Waals surface area contributed by atoms with Gasteiger partial charge in [-0.1, -0.05) is 0 Å². The molecule has 0 bridgehead atoms. The van der Waals surface area contributed by atoms with E-state index in [9.17, 15) is 4.79 Å². The van der Waals surface area contributed by atoms with Crippen LogP contribution in [0, 0.1) is 0 Å². The molecule has 4 heteroatoms. The third-order valence-corrected chi connectivity index (χ3v) is 2.15. The number of nitrogens with one attached hydrogen (secondary N) is 1. The van der Waals surface area contributed by atoms with E-state index < -0.39 is 0 Å². The zero-order chi connectivity index (χ0) is 8.84. The Kier molecular flexibility index (Phi) is 1.02. The molecule has 0 spiro atoms. The molecule has 0 atom stereocenters. The molecule has 0 aliphatic heterocycles. The van der Waals surface area contributed by atoms with Crippen LogP contribution < -0.4 is 5.56 Å². The second-order valence-corrected chi connectivity index (χ2v) is 2.89. The minimum Gasteiger partial charge on any atom is -0.346 e. The lowest BCUT2D eigenvalue weighted by molar-refractivity contribution is 1.29. The first-order valence-corrected chi connectivity index (χ1v) is 3.91. The van der Waals surface area contributed by atoms with Crippen molar-refractivity contribution in [1.82, 2.24) is 15.0 Å². The number of hydrogen-bond donors (Lipinski definition) is 1. The SMILES string of the molecule is O=c1ncc2cc[nH]c3ncc1c23. The van der Waals surface area contributed by atoms with Crippen molar-refractivity contribution in [3.05, 3.63) is 35.0 Å². The average molecular weight is 171 g/mol. The van der Waals surface area contributed by atoms with Crippen molar-refractivity contribution in [1.29, 1.82) is 0 Å². The molecule has 1 N–H and O–H groups in total. The summed E-state index contributed by atoms with van der Waals surface area (Å²) >= 11 is 0. The third-order valence-electron chi connectivity index (χ3n) is 2.15. The molecule has 13 heavy (non-hydrogen) atoms. The number of aromatic nitrogens is 3. The van der Waals surface area contributed by atoms with Crippen molar-refractivity contribution >= 4 is 21.8 Å². The second kappa shape index (κ2) is 2.04. The first kappa shape index (κ1) is 6.54. The van der Waals surface area contributed by atoms with E-state index in [0.29, 0.717) is 5.39 Å². The van der Waals surface area contributed by atoms with Crippen LogP contribution in [-0.2, 0) is 0 Å². The van der Waals surface area contributed by atoms with Gasteiger partial charge in [0, 0.05) is 29.4 Å². The lowest BCUT2D eigenvalue weighted by atomic mass is 10.2. The van der Waals surface area contributed by atoms with Gasteiger partial charge in [0.2, 0.25) is 0 Å². The van der Waals surface area contributed by atoms with Gasteiger partial charge in [0.15, 0.2) is 0 Å². The van der Waals surface area contributed by atoms with Crippen LogP contribution in [-0.4, -0.2) is 15.0 Å². The predicted molar refractivity (Wildman–Crippen MR) is 48.9 cm³/mol. The van der Waals surface area contributed by atoms with Crippen LogP contribution >= 0.6 is 0 Å². The van der Waals surface area contributed by atoms with Gasteiger partial charge >= 0.3 is 0 Å². The Hall–Kier alpha value is -1.97. The maximum absolute atomic E-state index is 11.3. The molecule has 3 aromatic heterocycles. The normalized spacial score (nSPS) is 11.4. The first-order chi connectivity index (χ1) is 6.36. The van der Waals surface area contributed by atoms with Crippen LogP contribution in [0.2, 0.25) is 0 Å². The lowest BCUT2D eigenvalue weighted by Crippen LogP contribution is -2.03. The van der Waals surface area contributed by atoms with E-state index >= 15 is 0 Å². The van der Waals surface area contributed by atoms with Crippen LogP contribution in [0.5, 0.6) is 0 Å². The summed E-state index contributed by atoms with van der Waals surface area (Å²) in [6.07, 6.45) is 4.92. The Morgan fingerprint density at radius 1 is 1.23 bits per heavy atom. The highest BCUT2D eigenvalue weighted by Crippen LogP contribution is 2.20. The summed E-state index contributed by atoms with van der Waals surface area (Å²) in [5.74, 6) is 0. The van der Waals surface area contributed by atoms with Crippen molar-refractivity contribution in [2.75, 3.05) is 0 Å². The summed E-state index contributed by atoms with van der Waals surface area (Å²) in [6.45, 7) is 0. The molecule has 62 valence electrons. The van der Waals surface area contributed by atoms with Crippen LogP contribution in [0.1, 0.15) is 0 Å². The van der Waals surface area contributed by atoms with Crippen molar-refractivity contribution < 1.29 is 0 Å². The molecule has 0 saturated heterocycles. The van der Waals surface area contributed by atoms with Gasteiger partial charge in [0.1, 0.15) is 5.65 Å². The van der Waals surface area contributed by atoms with E-state index in [2.05, 4.69) is 15.0 Å². The molecule has 0 radical (unpaired) electrons. The molecule has 0 unspecified atom stereocenters. The topological polar surface area (TPSA) is 58.6 Å². The van der Waals surface area contributed by atoms with E-state index in [-0.39, 0.29) is 5.56 Å². The van der Waals surface area contributed by atoms with Gasteiger partial charge in [-0.15, -0.1) is 0 Å². The zero-order valence-electron chi connectivity index (χ0n) is 6.61. The lowest BCUT2D eigenvalue weighted by Gasteiger charge is -1.94. The number of aromatic amines is 1. The highest BCUT2D eigenvalue weighted by Gasteiger charge is 2.07. The van der Waals surface area contributed by atoms with E-state index in [1.54, 1.807) is 18.6 Å². The molecule has 4 nitrogen and oxygen atoms in total. The molecule has 0 aliphatic rings. The van der Waals surface area contributed by atoms with Crippen molar-refractivity contribution in [2.24, 2.45) is 0 Å². The highest BCUT2D eigenvalue weighted by molar-refractivity contribution is 6.06. The van der Waals surface area contributed by atoms with Crippen LogP contribution in [0.3, 0.4) is 0 Å². The summed E-state index contributed by atoms with van der Waals surface area (Å²) in [6, 6.07) is 1.88. The van der Waals surface area contributed by atoms with E-state index in [1.165, 1.54) is 0 Å². The average Bonchev–Trinajstić information content (AvgIpc) is 2.57. The fraction of sp³-hybridized carbons (Fsp3) is 0. The summed E-state index contributed by atoms with van der Waals surface area (Å²) in [5.41, 5.74) is 0.529. The fourth-order valence-corrected chi connectivity index (χ4v) is 1.55. The third kappa shape index (κ3) is 0.717. The highest BCUT2D eigenvalue weighted by atomic mass is 16.1. The Balaban J connectivity index is 2.81. The molecule has 0 saturated carbocycles. The van der Waals surface area contributed by atoms with Gasteiger partial charge in [-0.2, -0.15) is 0 Å². The van der Waals surface area contributed by atoms with Crippen molar-refractivity contribution in [2.45, 2.75) is 0 Å². The monoisotopic (exact) mass is 171 g/mol.